The Balaban J connectivity index is 0.00000133. The maximum atomic E-state index is 5.57. The van der Waals surface area contributed by atoms with Crippen molar-refractivity contribution in [2.45, 2.75) is 19.0 Å². The van der Waals surface area contributed by atoms with Gasteiger partial charge in [-0.25, -0.2) is 5.01 Å². The molecule has 1 saturated heterocycles. The number of halogens is 1. The average Bonchev–Trinajstić information content (AvgIpc) is 3.01. The molecular weight excluding hydrogens is 310 g/mol. The van der Waals surface area contributed by atoms with Crippen LogP contribution in [0.2, 0.25) is 0 Å². The van der Waals surface area contributed by atoms with E-state index in [1.807, 2.05) is 35.2 Å². The standard InChI is InChI=1S/C13H16N3O2.BrH/c1-15-12(13-17-7-8-18-13)16(10-14-15)9-11-5-3-2-4-6-11;/h2-6,12-13H,7-9H2,1H3;1H/q+1;/p-1. The summed E-state index contributed by atoms with van der Waals surface area (Å²) in [7, 11) is 1.91. The van der Waals surface area contributed by atoms with Gasteiger partial charge in [0.25, 0.3) is 0 Å². The summed E-state index contributed by atoms with van der Waals surface area (Å²) in [4.78, 5) is 2.02. The molecule has 1 atom stereocenters. The molecule has 0 N–H and O–H groups in total. The second kappa shape index (κ2) is 6.30. The Morgan fingerprint density at radius 3 is 2.63 bits per heavy atom. The first-order valence-electron chi connectivity index (χ1n) is 6.07. The van der Waals surface area contributed by atoms with Crippen LogP contribution in [0, 0.1) is 0 Å². The largest absolute Gasteiger partial charge is 1.00 e. The molecule has 2 heterocycles. The van der Waals surface area contributed by atoms with Gasteiger partial charge in [-0.3, -0.25) is 0 Å². The van der Waals surface area contributed by atoms with Gasteiger partial charge < -0.3 is 26.5 Å². The Hall–Kier alpha value is -1.20. The fraction of sp³-hybridized carbons (Fsp3) is 0.462. The zero-order valence-corrected chi connectivity index (χ0v) is 12.3. The molecule has 102 valence electrons. The second-order valence-corrected chi connectivity index (χ2v) is 4.41. The summed E-state index contributed by atoms with van der Waals surface area (Å²) in [6.45, 7) is 2.05. The van der Waals surface area contributed by atoms with Crippen LogP contribution in [0.25, 0.3) is 0 Å². The highest BCUT2D eigenvalue weighted by Gasteiger charge is 2.45. The summed E-state index contributed by atoms with van der Waals surface area (Å²) in [5.74, 6) is 0. The van der Waals surface area contributed by atoms with Crippen LogP contribution in [-0.4, -0.2) is 49.0 Å². The van der Waals surface area contributed by atoms with Crippen molar-refractivity contribution in [1.82, 2.24) is 9.91 Å². The van der Waals surface area contributed by atoms with Gasteiger partial charge in [-0.2, -0.15) is 0 Å². The minimum Gasteiger partial charge on any atom is -1.00 e. The van der Waals surface area contributed by atoms with E-state index in [0.717, 1.165) is 6.54 Å². The molecule has 6 heteroatoms. The fourth-order valence-electron chi connectivity index (χ4n) is 2.23. The Kier molecular flexibility index (Phi) is 4.71. The summed E-state index contributed by atoms with van der Waals surface area (Å²) >= 11 is 0. The molecule has 1 aromatic rings. The van der Waals surface area contributed by atoms with Crippen LogP contribution in [-0.2, 0) is 16.0 Å². The quantitative estimate of drug-likeness (QED) is 0.600. The molecule has 1 aromatic carbocycles. The molecule has 0 bridgehead atoms. The van der Waals surface area contributed by atoms with Gasteiger partial charge in [0, 0.05) is 7.05 Å². The van der Waals surface area contributed by atoms with Crippen LogP contribution >= 0.6 is 0 Å². The lowest BCUT2D eigenvalue weighted by Crippen LogP contribution is -3.00. The minimum absolute atomic E-state index is 0. The van der Waals surface area contributed by atoms with Gasteiger partial charge in [0.15, 0.2) is 0 Å². The molecule has 3 rings (SSSR count). The number of benzene rings is 1. The van der Waals surface area contributed by atoms with Crippen molar-refractivity contribution in [1.29, 1.82) is 0 Å². The van der Waals surface area contributed by atoms with Gasteiger partial charge in [0.1, 0.15) is 5.10 Å². The van der Waals surface area contributed by atoms with Gasteiger partial charge in [-0.05, 0) is 5.56 Å². The van der Waals surface area contributed by atoms with E-state index in [-0.39, 0.29) is 29.4 Å². The highest BCUT2D eigenvalue weighted by Crippen LogP contribution is 2.22. The highest BCUT2D eigenvalue weighted by atomic mass is 79.9. The summed E-state index contributed by atoms with van der Waals surface area (Å²) < 4.78 is 11.1. The van der Waals surface area contributed by atoms with E-state index in [1.54, 1.807) is 0 Å². The molecule has 0 spiro atoms. The highest BCUT2D eigenvalue weighted by molar-refractivity contribution is 5.57. The molecule has 0 saturated carbocycles. The second-order valence-electron chi connectivity index (χ2n) is 4.41. The average molecular weight is 326 g/mol. The number of likely N-dealkylation sites (N-methyl/N-ethyl adjacent to an activating group) is 1. The number of rotatable bonds is 3. The van der Waals surface area contributed by atoms with Gasteiger partial charge in [-0.15, -0.1) is 4.90 Å². The third-order valence-corrected chi connectivity index (χ3v) is 3.12. The summed E-state index contributed by atoms with van der Waals surface area (Å²) in [6.07, 6.45) is 2.72. The molecule has 1 unspecified atom stereocenters. The van der Waals surface area contributed by atoms with E-state index in [9.17, 15) is 0 Å². The first-order valence-corrected chi connectivity index (χ1v) is 6.07. The van der Waals surface area contributed by atoms with E-state index < -0.39 is 0 Å². The van der Waals surface area contributed by atoms with Crippen molar-refractivity contribution in [3.05, 3.63) is 35.9 Å². The van der Waals surface area contributed by atoms with Crippen LogP contribution in [0.1, 0.15) is 5.56 Å². The molecule has 0 aliphatic carbocycles. The van der Waals surface area contributed by atoms with E-state index >= 15 is 0 Å². The van der Waals surface area contributed by atoms with Gasteiger partial charge in [-0.1, -0.05) is 30.3 Å². The number of hydrogen-bond donors (Lipinski definition) is 0. The molecule has 1 fully saturated rings. The number of hydrogen-bond acceptors (Lipinski definition) is 5. The molecule has 0 radical (unpaired) electrons. The van der Waals surface area contributed by atoms with E-state index in [2.05, 4.69) is 23.6 Å². The predicted octanol–water partition coefficient (Wildman–Crippen LogP) is -2.04. The van der Waals surface area contributed by atoms with Gasteiger partial charge >= 0.3 is 6.34 Å². The summed E-state index contributed by atoms with van der Waals surface area (Å²) in [5, 5.41) is 6.02. The minimum atomic E-state index is -0.252. The lowest BCUT2D eigenvalue weighted by atomic mass is 10.2. The molecule has 2 aliphatic heterocycles. The van der Waals surface area contributed by atoms with Crippen molar-refractivity contribution >= 4 is 6.34 Å². The molecular formula is C13H16BrN3O2. The topological polar surface area (TPSA) is 37.3 Å². The Labute approximate surface area is 123 Å². The van der Waals surface area contributed by atoms with E-state index in [1.165, 1.54) is 5.56 Å². The van der Waals surface area contributed by atoms with Crippen molar-refractivity contribution in [3.8, 4) is 0 Å². The van der Waals surface area contributed by atoms with Crippen molar-refractivity contribution in [2.75, 3.05) is 20.3 Å². The summed E-state index contributed by atoms with van der Waals surface area (Å²) in [6, 6.07) is 10.3. The SMILES string of the molecule is CN1N=[C+]N(Cc2ccccc2)C1C1OCCO1.[Br-]. The van der Waals surface area contributed by atoms with Crippen molar-refractivity contribution in [2.24, 2.45) is 5.10 Å². The van der Waals surface area contributed by atoms with E-state index in [4.69, 9.17) is 9.47 Å². The number of ether oxygens (including phenoxy) is 2. The van der Waals surface area contributed by atoms with Crippen LogP contribution in [0.5, 0.6) is 0 Å². The lowest BCUT2D eigenvalue weighted by Gasteiger charge is -2.24. The first kappa shape index (κ1) is 14.2. The van der Waals surface area contributed by atoms with Gasteiger partial charge in [0.05, 0.1) is 19.8 Å². The third-order valence-electron chi connectivity index (χ3n) is 3.12. The molecule has 2 aliphatic rings. The summed E-state index contributed by atoms with van der Waals surface area (Å²) in [5.41, 5.74) is 1.22. The lowest BCUT2D eigenvalue weighted by molar-refractivity contribution is -0.122. The molecule has 0 amide bonds. The first-order chi connectivity index (χ1) is 8.84. The maximum absolute atomic E-state index is 5.57. The van der Waals surface area contributed by atoms with Crippen molar-refractivity contribution in [3.63, 3.8) is 0 Å². The Morgan fingerprint density at radius 1 is 1.26 bits per heavy atom. The number of nitrogens with zero attached hydrogens (tertiary/aromatic N) is 3. The monoisotopic (exact) mass is 325 g/mol. The fourth-order valence-corrected chi connectivity index (χ4v) is 2.23. The predicted molar refractivity (Wildman–Crippen MR) is 66.7 cm³/mol. The van der Waals surface area contributed by atoms with E-state index in [0.29, 0.717) is 13.2 Å². The van der Waals surface area contributed by atoms with Gasteiger partial charge in [0.2, 0.25) is 12.5 Å². The zero-order valence-electron chi connectivity index (χ0n) is 10.7. The van der Waals surface area contributed by atoms with Crippen LogP contribution in [0.4, 0.5) is 0 Å². The molecule has 5 nitrogen and oxygen atoms in total. The number of hydrazone groups is 1. The molecule has 19 heavy (non-hydrogen) atoms. The van der Waals surface area contributed by atoms with Crippen LogP contribution in [0.15, 0.2) is 35.4 Å². The smallest absolute Gasteiger partial charge is 0.545 e. The van der Waals surface area contributed by atoms with Crippen molar-refractivity contribution < 1.29 is 26.5 Å². The Bertz CT molecular complexity index is 423. The normalized spacial score (nSPS) is 22.5. The van der Waals surface area contributed by atoms with Crippen LogP contribution < -0.4 is 17.0 Å². The van der Waals surface area contributed by atoms with Crippen LogP contribution in [0.3, 0.4) is 0 Å². The maximum Gasteiger partial charge on any atom is 0.545 e. The third kappa shape index (κ3) is 3.04. The Morgan fingerprint density at radius 2 is 1.95 bits per heavy atom. The molecule has 0 aromatic heterocycles. The zero-order chi connectivity index (χ0) is 12.4.